The van der Waals surface area contributed by atoms with E-state index in [1.165, 1.54) is 21.9 Å². The van der Waals surface area contributed by atoms with E-state index in [4.69, 9.17) is 4.42 Å². The molecule has 45 heavy (non-hydrogen) atoms. The van der Waals surface area contributed by atoms with Crippen LogP contribution in [-0.2, 0) is 20.1 Å². The number of rotatable bonds is 5. The van der Waals surface area contributed by atoms with Crippen molar-refractivity contribution in [1.82, 2.24) is 9.97 Å². The van der Waals surface area contributed by atoms with E-state index in [0.29, 0.717) is 5.92 Å². The summed E-state index contributed by atoms with van der Waals surface area (Å²) in [4.78, 5) is 9.06. The normalized spacial score (nSPS) is 11.2. The van der Waals surface area contributed by atoms with Gasteiger partial charge in [-0.1, -0.05) is 111 Å². The summed E-state index contributed by atoms with van der Waals surface area (Å²) in [6.07, 6.45) is 3.89. The fraction of sp³-hybridized carbons (Fsp3) is 0.150. The summed E-state index contributed by atoms with van der Waals surface area (Å²) in [5.41, 5.74) is 9.24. The Morgan fingerprint density at radius 1 is 0.733 bits per heavy atom. The SMILES string of the molecule is CC(C)c1ccnc(-c2[c-]c3oc4cccc(-c5ccccc5)c4c3cc2)c1.C[Si](C)(C)c1ccc(-c2[c-]cccc2)nc1.[Ir]. The second kappa shape index (κ2) is 13.9. The van der Waals surface area contributed by atoms with E-state index in [1.54, 1.807) is 0 Å². The van der Waals surface area contributed by atoms with Crippen LogP contribution in [0, 0.1) is 12.1 Å². The first-order valence-corrected chi connectivity index (χ1v) is 18.6. The van der Waals surface area contributed by atoms with Gasteiger partial charge in [0, 0.05) is 32.5 Å². The molecule has 4 aromatic carbocycles. The molecule has 3 nitrogen and oxygen atoms in total. The Labute approximate surface area is 280 Å². The van der Waals surface area contributed by atoms with Crippen molar-refractivity contribution in [3.63, 3.8) is 0 Å². The minimum absolute atomic E-state index is 0. The van der Waals surface area contributed by atoms with Crippen LogP contribution in [-0.4, -0.2) is 18.0 Å². The molecule has 227 valence electrons. The maximum absolute atomic E-state index is 6.17. The molecule has 5 heteroatoms. The first-order valence-electron chi connectivity index (χ1n) is 15.1. The van der Waals surface area contributed by atoms with Crippen molar-refractivity contribution in [3.8, 4) is 33.6 Å². The molecule has 7 rings (SSSR count). The van der Waals surface area contributed by atoms with Crippen molar-refractivity contribution in [2.75, 3.05) is 0 Å². The molecule has 0 spiro atoms. The van der Waals surface area contributed by atoms with Gasteiger partial charge in [-0.25, -0.2) is 0 Å². The van der Waals surface area contributed by atoms with Gasteiger partial charge < -0.3 is 14.4 Å². The van der Waals surface area contributed by atoms with Crippen LogP contribution in [0.5, 0.6) is 0 Å². The number of nitrogens with zero attached hydrogens (tertiary/aromatic N) is 2. The van der Waals surface area contributed by atoms with Crippen LogP contribution in [0.4, 0.5) is 0 Å². The summed E-state index contributed by atoms with van der Waals surface area (Å²) in [6, 6.07) is 43.9. The van der Waals surface area contributed by atoms with E-state index in [1.807, 2.05) is 54.9 Å². The number of hydrogen-bond donors (Lipinski definition) is 0. The number of hydrogen-bond acceptors (Lipinski definition) is 3. The summed E-state index contributed by atoms with van der Waals surface area (Å²) < 4.78 is 6.17. The van der Waals surface area contributed by atoms with E-state index in [-0.39, 0.29) is 20.1 Å². The maximum Gasteiger partial charge on any atom is 0.124 e. The van der Waals surface area contributed by atoms with Crippen LogP contribution >= 0.6 is 0 Å². The zero-order valence-corrected chi connectivity index (χ0v) is 29.7. The molecule has 0 aliphatic heterocycles. The zero-order chi connectivity index (χ0) is 30.7. The van der Waals surface area contributed by atoms with Gasteiger partial charge in [0.1, 0.15) is 5.58 Å². The fourth-order valence-electron chi connectivity index (χ4n) is 5.27. The van der Waals surface area contributed by atoms with Gasteiger partial charge in [-0.2, -0.15) is 0 Å². The van der Waals surface area contributed by atoms with Crippen LogP contribution < -0.4 is 5.19 Å². The fourth-order valence-corrected chi connectivity index (χ4v) is 6.30. The number of furan rings is 1. The molecular weight excluding hydrogens is 745 g/mol. The minimum Gasteiger partial charge on any atom is -0.477 e. The van der Waals surface area contributed by atoms with E-state index in [0.717, 1.165) is 44.5 Å². The second-order valence-corrected chi connectivity index (χ2v) is 17.4. The third-order valence-electron chi connectivity index (χ3n) is 7.84. The molecule has 7 aromatic rings. The Morgan fingerprint density at radius 2 is 1.53 bits per heavy atom. The molecule has 0 amide bonds. The predicted octanol–water partition coefficient (Wildman–Crippen LogP) is 10.3. The van der Waals surface area contributed by atoms with Crippen LogP contribution in [0.15, 0.2) is 126 Å². The van der Waals surface area contributed by atoms with Crippen molar-refractivity contribution in [3.05, 3.63) is 139 Å². The molecule has 0 aliphatic carbocycles. The number of pyridine rings is 2. The average molecular weight is 781 g/mol. The molecule has 1 radical (unpaired) electrons. The molecule has 0 atom stereocenters. The topological polar surface area (TPSA) is 38.9 Å². The molecule has 0 aliphatic rings. The monoisotopic (exact) mass is 781 g/mol. The molecule has 0 saturated heterocycles. The van der Waals surface area contributed by atoms with Gasteiger partial charge in [0.25, 0.3) is 0 Å². The molecule has 3 heterocycles. The Hall–Kier alpha value is -4.15. The maximum atomic E-state index is 6.17. The Bertz CT molecular complexity index is 2010. The Morgan fingerprint density at radius 3 is 2.22 bits per heavy atom. The van der Waals surface area contributed by atoms with Crippen LogP contribution in [0.3, 0.4) is 0 Å². The van der Waals surface area contributed by atoms with Crippen molar-refractivity contribution < 1.29 is 24.5 Å². The standard InChI is InChI=1S/C26H20NO.C14H16NSi.Ir/c1-17(2)19-13-14-27-23(15-19)20-11-12-22-25(16-20)28-24-10-6-9-21(26(22)24)18-7-4-3-5-8-18;1-16(2,3)13-9-10-14(15-11-13)12-7-5-4-6-8-12;/h3-15,17H,1-2H3;4-7,9-11H,1-3H3;/q2*-1;. The molecular formula is C40H36IrN2OSi-2. The van der Waals surface area contributed by atoms with Crippen LogP contribution in [0.2, 0.25) is 19.6 Å². The van der Waals surface area contributed by atoms with Gasteiger partial charge >= 0.3 is 0 Å². The van der Waals surface area contributed by atoms with E-state index in [9.17, 15) is 0 Å². The van der Waals surface area contributed by atoms with Gasteiger partial charge in [0.05, 0.1) is 13.7 Å². The summed E-state index contributed by atoms with van der Waals surface area (Å²) in [6.45, 7) is 11.4. The Kier molecular flexibility index (Phi) is 9.94. The number of fused-ring (bicyclic) bond motifs is 3. The molecule has 0 bridgehead atoms. The van der Waals surface area contributed by atoms with Gasteiger partial charge in [-0.05, 0) is 51.1 Å². The van der Waals surface area contributed by atoms with Crippen LogP contribution in [0.1, 0.15) is 25.3 Å². The van der Waals surface area contributed by atoms with E-state index in [2.05, 4.69) is 122 Å². The van der Waals surface area contributed by atoms with Gasteiger partial charge in [-0.15, -0.1) is 53.6 Å². The van der Waals surface area contributed by atoms with Crippen molar-refractivity contribution in [2.24, 2.45) is 0 Å². The minimum atomic E-state index is -1.23. The van der Waals surface area contributed by atoms with Gasteiger partial charge in [0.2, 0.25) is 0 Å². The molecule has 0 saturated carbocycles. The average Bonchev–Trinajstić information content (AvgIpc) is 3.44. The predicted molar refractivity (Wildman–Crippen MR) is 187 cm³/mol. The van der Waals surface area contributed by atoms with Crippen molar-refractivity contribution >= 4 is 35.2 Å². The number of aromatic nitrogens is 2. The molecule has 0 unspecified atom stereocenters. The molecule has 0 fully saturated rings. The van der Waals surface area contributed by atoms with Crippen molar-refractivity contribution in [2.45, 2.75) is 39.4 Å². The third kappa shape index (κ3) is 7.23. The van der Waals surface area contributed by atoms with Gasteiger partial charge in [-0.3, -0.25) is 0 Å². The molecule has 3 aromatic heterocycles. The quantitative estimate of drug-likeness (QED) is 0.129. The number of benzene rings is 4. The first-order chi connectivity index (χ1) is 21.3. The van der Waals surface area contributed by atoms with Crippen molar-refractivity contribution in [1.29, 1.82) is 0 Å². The van der Waals surface area contributed by atoms with E-state index < -0.39 is 8.07 Å². The molecule has 0 N–H and O–H groups in total. The summed E-state index contributed by atoms with van der Waals surface area (Å²) in [7, 11) is -1.23. The Balaban J connectivity index is 0.000000202. The van der Waals surface area contributed by atoms with E-state index >= 15 is 0 Å². The summed E-state index contributed by atoms with van der Waals surface area (Å²) >= 11 is 0. The third-order valence-corrected chi connectivity index (χ3v) is 9.87. The summed E-state index contributed by atoms with van der Waals surface area (Å²) in [5, 5.41) is 3.61. The largest absolute Gasteiger partial charge is 0.477 e. The van der Waals surface area contributed by atoms with Crippen LogP contribution in [0.25, 0.3) is 55.6 Å². The summed E-state index contributed by atoms with van der Waals surface area (Å²) in [5.74, 6) is 0.463. The van der Waals surface area contributed by atoms with Gasteiger partial charge in [0.15, 0.2) is 0 Å². The zero-order valence-electron chi connectivity index (χ0n) is 26.3. The smallest absolute Gasteiger partial charge is 0.124 e. The first kappa shape index (κ1) is 32.2. The second-order valence-electron chi connectivity index (χ2n) is 12.3.